The molecule has 5 heteroatoms. The summed E-state index contributed by atoms with van der Waals surface area (Å²) < 4.78 is 0. The second kappa shape index (κ2) is 6.76. The van der Waals surface area contributed by atoms with Crippen LogP contribution < -0.4 is 16.0 Å². The van der Waals surface area contributed by atoms with Gasteiger partial charge >= 0.3 is 6.03 Å². The number of urea groups is 1. The number of amides is 3. The van der Waals surface area contributed by atoms with E-state index in [0.29, 0.717) is 0 Å². The average molecular weight is 250 g/mol. The Morgan fingerprint density at radius 1 is 1.17 bits per heavy atom. The van der Waals surface area contributed by atoms with E-state index in [1.807, 2.05) is 42.6 Å². The maximum atomic E-state index is 11.7. The molecule has 0 aromatic heterocycles. The second-order valence-electron chi connectivity index (χ2n) is 4.25. The molecule has 1 rings (SSSR count). The maximum Gasteiger partial charge on any atom is 0.321 e. The minimum atomic E-state index is -0.479. The van der Waals surface area contributed by atoms with E-state index in [9.17, 15) is 9.59 Å². The van der Waals surface area contributed by atoms with Crippen molar-refractivity contribution in [3.8, 4) is 0 Å². The van der Waals surface area contributed by atoms with Gasteiger partial charge in [-0.05, 0) is 13.8 Å². The van der Waals surface area contributed by atoms with Crippen LogP contribution in [0.2, 0.25) is 0 Å². The van der Waals surface area contributed by atoms with Crippen LogP contribution >= 0.6 is 0 Å². The number of benzene rings is 1. The Balaban J connectivity index is 2.52. The fraction of sp³-hybridized carbons (Fsp3) is 0.385. The quantitative estimate of drug-likeness (QED) is 0.712. The van der Waals surface area contributed by atoms with Gasteiger partial charge in [-0.2, -0.15) is 0 Å². The molecule has 1 aromatic rings. The van der Waals surface area contributed by atoms with E-state index < -0.39 is 6.03 Å². The van der Waals surface area contributed by atoms with Gasteiger partial charge in [-0.1, -0.05) is 30.3 Å². The van der Waals surface area contributed by atoms with Gasteiger partial charge < -0.3 is 10.6 Å². The predicted octanol–water partition coefficient (Wildman–Crippen LogP) is 0.155. The molecule has 5 nitrogen and oxygen atoms in total. The van der Waals surface area contributed by atoms with Crippen molar-refractivity contribution in [1.29, 1.82) is 0 Å². The van der Waals surface area contributed by atoms with Crippen LogP contribution in [-0.2, 0) is 4.79 Å². The summed E-state index contributed by atoms with van der Waals surface area (Å²) in [5.74, 6) is -0.294. The molecule has 0 saturated carbocycles. The third-order valence-corrected chi connectivity index (χ3v) is 2.78. The van der Waals surface area contributed by atoms with Gasteiger partial charge in [0.15, 0.2) is 6.04 Å². The van der Waals surface area contributed by atoms with Gasteiger partial charge in [0, 0.05) is 12.6 Å². The van der Waals surface area contributed by atoms with Crippen LogP contribution in [-0.4, -0.2) is 25.0 Å². The number of rotatable bonds is 4. The number of carbonyl (C=O) groups is 2. The first-order chi connectivity index (χ1) is 8.54. The molecular weight excluding hydrogens is 230 g/mol. The van der Waals surface area contributed by atoms with E-state index in [0.717, 1.165) is 5.56 Å². The zero-order valence-corrected chi connectivity index (χ0v) is 10.9. The van der Waals surface area contributed by atoms with E-state index in [4.69, 9.17) is 0 Å². The minimum Gasteiger partial charge on any atom is -0.341 e. The molecule has 0 unspecified atom stereocenters. The van der Waals surface area contributed by atoms with Crippen molar-refractivity contribution in [2.75, 3.05) is 7.05 Å². The normalized spacial score (nSPS) is 13.5. The summed E-state index contributed by atoms with van der Waals surface area (Å²) in [5, 5.41) is 6.54. The van der Waals surface area contributed by atoms with Crippen LogP contribution in [0.15, 0.2) is 30.3 Å². The van der Waals surface area contributed by atoms with E-state index in [-0.39, 0.29) is 18.0 Å². The van der Waals surface area contributed by atoms with Crippen molar-refractivity contribution in [2.24, 2.45) is 0 Å². The number of hydrogen-bond acceptors (Lipinski definition) is 2. The molecule has 98 valence electrons. The highest BCUT2D eigenvalue weighted by Gasteiger charge is 2.21. The van der Waals surface area contributed by atoms with Gasteiger partial charge in [0.2, 0.25) is 0 Å². The van der Waals surface area contributed by atoms with Gasteiger partial charge in [-0.3, -0.25) is 10.1 Å². The summed E-state index contributed by atoms with van der Waals surface area (Å²) in [7, 11) is 1.48. The van der Waals surface area contributed by atoms with Crippen molar-refractivity contribution >= 4 is 11.9 Å². The molecule has 0 aliphatic heterocycles. The molecule has 18 heavy (non-hydrogen) atoms. The number of nitrogens with two attached hydrogens (primary N) is 1. The van der Waals surface area contributed by atoms with Crippen molar-refractivity contribution in [1.82, 2.24) is 10.6 Å². The van der Waals surface area contributed by atoms with E-state index >= 15 is 0 Å². The zero-order valence-electron chi connectivity index (χ0n) is 10.9. The van der Waals surface area contributed by atoms with Gasteiger partial charge in [-0.25, -0.2) is 4.79 Å². The molecular formula is C13H20N3O2+. The largest absolute Gasteiger partial charge is 0.341 e. The Kier molecular flexibility index (Phi) is 5.32. The molecule has 4 N–H and O–H groups in total. The molecule has 0 aliphatic carbocycles. The van der Waals surface area contributed by atoms with Crippen LogP contribution in [0.4, 0.5) is 4.79 Å². The summed E-state index contributed by atoms with van der Waals surface area (Å²) in [6.45, 7) is 3.80. The molecule has 3 amide bonds. The smallest absolute Gasteiger partial charge is 0.321 e. The number of quaternary nitrogens is 1. The lowest BCUT2D eigenvalue weighted by Crippen LogP contribution is -2.92. The van der Waals surface area contributed by atoms with Gasteiger partial charge in [0.25, 0.3) is 5.91 Å². The van der Waals surface area contributed by atoms with E-state index in [1.54, 1.807) is 6.92 Å². The predicted molar refractivity (Wildman–Crippen MR) is 68.8 cm³/mol. The van der Waals surface area contributed by atoms with Crippen LogP contribution in [0.25, 0.3) is 0 Å². The third kappa shape index (κ3) is 4.18. The van der Waals surface area contributed by atoms with E-state index in [2.05, 4.69) is 10.6 Å². The fourth-order valence-corrected chi connectivity index (χ4v) is 1.68. The first-order valence-electron chi connectivity index (χ1n) is 5.97. The summed E-state index contributed by atoms with van der Waals surface area (Å²) in [6, 6.07) is 9.29. The highest BCUT2D eigenvalue weighted by atomic mass is 16.2. The lowest BCUT2D eigenvalue weighted by Gasteiger charge is -2.16. The first kappa shape index (κ1) is 14.2. The van der Waals surface area contributed by atoms with Gasteiger partial charge in [0.1, 0.15) is 6.04 Å². The highest BCUT2D eigenvalue weighted by Crippen LogP contribution is 2.06. The molecule has 1 aromatic carbocycles. The molecule has 2 atom stereocenters. The molecule has 0 spiro atoms. The number of carbonyl (C=O) groups excluding carboxylic acids is 2. The number of imide groups is 1. The molecule has 0 aliphatic rings. The number of nitrogens with one attached hydrogen (secondary N) is 2. The van der Waals surface area contributed by atoms with Crippen molar-refractivity contribution in [2.45, 2.75) is 25.9 Å². The zero-order chi connectivity index (χ0) is 13.5. The molecule has 0 bridgehead atoms. The van der Waals surface area contributed by atoms with Crippen LogP contribution in [0.5, 0.6) is 0 Å². The molecule has 0 radical (unpaired) electrons. The third-order valence-electron chi connectivity index (χ3n) is 2.78. The molecule has 0 saturated heterocycles. The molecule has 0 fully saturated rings. The second-order valence-corrected chi connectivity index (χ2v) is 4.25. The lowest BCUT2D eigenvalue weighted by molar-refractivity contribution is -0.710. The SMILES string of the molecule is CNC(=O)NC(=O)[C@@H](C)[NH2+][C@H](C)c1ccccc1. The van der Waals surface area contributed by atoms with Crippen molar-refractivity contribution in [3.05, 3.63) is 35.9 Å². The fourth-order valence-electron chi connectivity index (χ4n) is 1.68. The Labute approximate surface area is 107 Å². The standard InChI is InChI=1S/C13H19N3O2/c1-9(11-7-5-4-6-8-11)15-10(2)12(17)16-13(18)14-3/h4-10,15H,1-3H3,(H2,14,16,17,18)/p+1/t9-,10-/m1/s1. The van der Waals surface area contributed by atoms with Crippen LogP contribution in [0.1, 0.15) is 25.5 Å². The monoisotopic (exact) mass is 250 g/mol. The van der Waals surface area contributed by atoms with Crippen LogP contribution in [0.3, 0.4) is 0 Å². The van der Waals surface area contributed by atoms with Gasteiger partial charge in [-0.15, -0.1) is 0 Å². The summed E-state index contributed by atoms with van der Waals surface area (Å²) in [5.41, 5.74) is 1.15. The summed E-state index contributed by atoms with van der Waals surface area (Å²) >= 11 is 0. The Morgan fingerprint density at radius 3 is 2.33 bits per heavy atom. The Bertz CT molecular complexity index is 406. The highest BCUT2D eigenvalue weighted by molar-refractivity contribution is 5.95. The Hall–Kier alpha value is -1.88. The summed E-state index contributed by atoms with van der Waals surface area (Å²) in [6.07, 6.45) is 0. The molecule has 0 heterocycles. The average Bonchev–Trinajstić information content (AvgIpc) is 2.39. The first-order valence-corrected chi connectivity index (χ1v) is 5.97. The minimum absolute atomic E-state index is 0.164. The Morgan fingerprint density at radius 2 is 1.78 bits per heavy atom. The summed E-state index contributed by atoms with van der Waals surface area (Å²) in [4.78, 5) is 22.7. The van der Waals surface area contributed by atoms with Crippen molar-refractivity contribution < 1.29 is 14.9 Å². The van der Waals surface area contributed by atoms with Crippen molar-refractivity contribution in [3.63, 3.8) is 0 Å². The van der Waals surface area contributed by atoms with E-state index in [1.165, 1.54) is 7.05 Å². The topological polar surface area (TPSA) is 74.8 Å². The lowest BCUT2D eigenvalue weighted by atomic mass is 10.1. The number of hydrogen-bond donors (Lipinski definition) is 3. The van der Waals surface area contributed by atoms with Crippen LogP contribution in [0, 0.1) is 0 Å². The van der Waals surface area contributed by atoms with Gasteiger partial charge in [0.05, 0.1) is 0 Å². The maximum absolute atomic E-state index is 11.7.